The Kier molecular flexibility index (Phi) is 4.29. The minimum Gasteiger partial charge on any atom is -0.354 e. The van der Waals surface area contributed by atoms with Gasteiger partial charge < -0.3 is 14.2 Å². The molecule has 3 heterocycles. The Bertz CT molecular complexity index is 1120. The number of pyridine rings is 1. The molecule has 0 unspecified atom stereocenters. The average molecular weight is 365 g/mol. The number of nitrogens with one attached hydrogen (secondary N) is 2. The minimum atomic E-state index is -0.435. The largest absolute Gasteiger partial charge is 0.354 e. The van der Waals surface area contributed by atoms with Crippen molar-refractivity contribution in [3.63, 3.8) is 0 Å². The van der Waals surface area contributed by atoms with Gasteiger partial charge in [0.25, 0.3) is 0 Å². The highest BCUT2D eigenvalue weighted by atomic mass is 19.1. The summed E-state index contributed by atoms with van der Waals surface area (Å²) in [5.74, 6) is 0.116. The topological polar surface area (TPSA) is 84.5 Å². The van der Waals surface area contributed by atoms with Crippen LogP contribution < -0.4 is 10.6 Å². The first-order chi connectivity index (χ1) is 13.1. The van der Waals surface area contributed by atoms with E-state index in [4.69, 9.17) is 4.52 Å². The second-order valence-corrected chi connectivity index (χ2v) is 6.00. The van der Waals surface area contributed by atoms with Crippen LogP contribution >= 0.6 is 0 Å². The van der Waals surface area contributed by atoms with Crippen LogP contribution in [0.2, 0.25) is 0 Å². The highest BCUT2D eigenvalue weighted by Gasteiger charge is 2.18. The van der Waals surface area contributed by atoms with Gasteiger partial charge in [-0.3, -0.25) is 5.32 Å². The van der Waals surface area contributed by atoms with E-state index in [1.807, 2.05) is 28.9 Å². The molecule has 4 rings (SSSR count). The number of rotatable bonds is 4. The molecule has 1 aromatic carbocycles. The summed E-state index contributed by atoms with van der Waals surface area (Å²) < 4.78 is 21.0. The van der Waals surface area contributed by atoms with Gasteiger partial charge in [0.05, 0.1) is 5.56 Å². The maximum atomic E-state index is 13.9. The molecule has 0 fully saturated rings. The first-order valence-corrected chi connectivity index (χ1v) is 8.29. The van der Waals surface area contributed by atoms with Crippen LogP contribution in [0.1, 0.15) is 11.1 Å². The van der Waals surface area contributed by atoms with Crippen molar-refractivity contribution in [2.24, 2.45) is 0 Å². The first kappa shape index (κ1) is 16.8. The maximum Gasteiger partial charge on any atom is 0.320 e. The Morgan fingerprint density at radius 1 is 1.26 bits per heavy atom. The zero-order chi connectivity index (χ0) is 18.8. The second-order valence-electron chi connectivity index (χ2n) is 6.00. The van der Waals surface area contributed by atoms with Crippen LogP contribution in [0.15, 0.2) is 59.5 Å². The van der Waals surface area contributed by atoms with Crippen molar-refractivity contribution in [2.45, 2.75) is 13.5 Å². The number of halogens is 1. The lowest BCUT2D eigenvalue weighted by Gasteiger charge is -2.06. The number of fused-ring (bicyclic) bond motifs is 1. The molecule has 0 spiro atoms. The smallest absolute Gasteiger partial charge is 0.320 e. The van der Waals surface area contributed by atoms with Crippen molar-refractivity contribution in [3.8, 4) is 11.3 Å². The van der Waals surface area contributed by atoms with Gasteiger partial charge in [-0.05, 0) is 36.8 Å². The van der Waals surface area contributed by atoms with E-state index in [2.05, 4.69) is 20.8 Å². The number of urea groups is 1. The fraction of sp³-hybridized carbons (Fsp3) is 0.105. The molecule has 8 heteroatoms. The Morgan fingerprint density at radius 2 is 2.11 bits per heavy atom. The zero-order valence-corrected chi connectivity index (χ0v) is 14.4. The van der Waals surface area contributed by atoms with E-state index in [-0.39, 0.29) is 11.6 Å². The molecule has 0 aliphatic carbocycles. The second kappa shape index (κ2) is 6.91. The van der Waals surface area contributed by atoms with Gasteiger partial charge in [0, 0.05) is 30.7 Å². The molecule has 4 aromatic rings. The molecule has 0 aliphatic rings. The lowest BCUT2D eigenvalue weighted by molar-refractivity contribution is 0.251. The number of nitrogens with zero attached hydrogens (tertiary/aromatic N) is 3. The van der Waals surface area contributed by atoms with Crippen molar-refractivity contribution in [1.82, 2.24) is 19.9 Å². The molecule has 0 saturated heterocycles. The molecule has 3 aromatic heterocycles. The Labute approximate surface area is 153 Å². The van der Waals surface area contributed by atoms with Crippen molar-refractivity contribution in [3.05, 3.63) is 71.9 Å². The van der Waals surface area contributed by atoms with E-state index in [1.54, 1.807) is 31.3 Å². The monoisotopic (exact) mass is 365 g/mol. The van der Waals surface area contributed by atoms with E-state index in [0.717, 1.165) is 11.2 Å². The van der Waals surface area contributed by atoms with Crippen LogP contribution in [0.25, 0.3) is 17.0 Å². The molecule has 27 heavy (non-hydrogen) atoms. The Morgan fingerprint density at radius 3 is 2.96 bits per heavy atom. The van der Waals surface area contributed by atoms with Crippen LogP contribution in [0, 0.1) is 12.7 Å². The third kappa shape index (κ3) is 3.37. The molecular weight excluding hydrogens is 349 g/mol. The quantitative estimate of drug-likeness (QED) is 0.577. The number of benzene rings is 1. The van der Waals surface area contributed by atoms with E-state index < -0.39 is 11.8 Å². The predicted molar refractivity (Wildman–Crippen MR) is 97.7 cm³/mol. The SMILES string of the molecule is Cc1c(NC(=O)NCc2ccn3ccnc3c2)noc1-c1ccccc1F. The van der Waals surface area contributed by atoms with Crippen LogP contribution in [0.5, 0.6) is 0 Å². The number of anilines is 1. The molecular formula is C19H16FN5O2. The normalized spacial score (nSPS) is 10.9. The molecule has 0 bridgehead atoms. The highest BCUT2D eigenvalue weighted by Crippen LogP contribution is 2.30. The molecule has 2 amide bonds. The van der Waals surface area contributed by atoms with E-state index >= 15 is 0 Å². The summed E-state index contributed by atoms with van der Waals surface area (Å²) in [5, 5.41) is 9.21. The van der Waals surface area contributed by atoms with E-state index in [0.29, 0.717) is 17.7 Å². The van der Waals surface area contributed by atoms with Crippen LogP contribution in [-0.4, -0.2) is 20.6 Å². The van der Waals surface area contributed by atoms with E-state index in [9.17, 15) is 9.18 Å². The van der Waals surface area contributed by atoms with Gasteiger partial charge in [0.2, 0.25) is 0 Å². The molecule has 136 valence electrons. The van der Waals surface area contributed by atoms with Gasteiger partial charge in [0.1, 0.15) is 11.5 Å². The molecule has 0 aliphatic heterocycles. The summed E-state index contributed by atoms with van der Waals surface area (Å²) in [7, 11) is 0. The summed E-state index contributed by atoms with van der Waals surface area (Å²) in [6.45, 7) is 2.03. The third-order valence-electron chi connectivity index (χ3n) is 4.19. The van der Waals surface area contributed by atoms with Gasteiger partial charge in [-0.2, -0.15) is 0 Å². The van der Waals surface area contributed by atoms with Gasteiger partial charge in [-0.1, -0.05) is 17.3 Å². The van der Waals surface area contributed by atoms with Crippen molar-refractivity contribution in [1.29, 1.82) is 0 Å². The predicted octanol–water partition coefficient (Wildman–Crippen LogP) is 3.76. The van der Waals surface area contributed by atoms with Crippen molar-refractivity contribution in [2.75, 3.05) is 5.32 Å². The molecule has 0 radical (unpaired) electrons. The zero-order valence-electron chi connectivity index (χ0n) is 14.4. The Hall–Kier alpha value is -3.68. The minimum absolute atomic E-state index is 0.245. The summed E-state index contributed by atoms with van der Waals surface area (Å²) in [6, 6.07) is 9.58. The lowest BCUT2D eigenvalue weighted by Crippen LogP contribution is -2.28. The molecule has 2 N–H and O–H groups in total. The molecule has 0 atom stereocenters. The average Bonchev–Trinajstić information content (AvgIpc) is 3.27. The van der Waals surface area contributed by atoms with Gasteiger partial charge in [0.15, 0.2) is 11.6 Å². The standard InChI is InChI=1S/C19H16FN5O2/c1-12-17(14-4-2-3-5-15(14)20)27-24-18(12)23-19(26)22-11-13-6-8-25-9-7-21-16(25)10-13/h2-10H,11H2,1H3,(H2,22,23,24,26). The van der Waals surface area contributed by atoms with Gasteiger partial charge in [-0.25, -0.2) is 14.2 Å². The number of carbonyl (C=O) groups excluding carboxylic acids is 1. The van der Waals surface area contributed by atoms with Crippen molar-refractivity contribution < 1.29 is 13.7 Å². The highest BCUT2D eigenvalue weighted by molar-refractivity contribution is 5.89. The fourth-order valence-corrected chi connectivity index (χ4v) is 2.75. The third-order valence-corrected chi connectivity index (χ3v) is 4.19. The van der Waals surface area contributed by atoms with Crippen LogP contribution in [0.4, 0.5) is 15.0 Å². The fourth-order valence-electron chi connectivity index (χ4n) is 2.75. The van der Waals surface area contributed by atoms with Crippen LogP contribution in [-0.2, 0) is 6.54 Å². The van der Waals surface area contributed by atoms with E-state index in [1.165, 1.54) is 6.07 Å². The summed E-state index contributed by atoms with van der Waals surface area (Å²) in [4.78, 5) is 16.4. The first-order valence-electron chi connectivity index (χ1n) is 8.29. The number of hydrogen-bond donors (Lipinski definition) is 2. The lowest BCUT2D eigenvalue weighted by atomic mass is 10.1. The maximum absolute atomic E-state index is 13.9. The number of aromatic nitrogens is 3. The summed E-state index contributed by atoms with van der Waals surface area (Å²) in [6.07, 6.45) is 5.43. The number of amides is 2. The van der Waals surface area contributed by atoms with Crippen LogP contribution in [0.3, 0.4) is 0 Å². The molecule has 0 saturated carbocycles. The van der Waals surface area contributed by atoms with Gasteiger partial charge >= 0.3 is 6.03 Å². The molecule has 7 nitrogen and oxygen atoms in total. The number of hydrogen-bond acceptors (Lipinski definition) is 4. The summed E-state index contributed by atoms with van der Waals surface area (Å²) >= 11 is 0. The van der Waals surface area contributed by atoms with Crippen molar-refractivity contribution >= 4 is 17.5 Å². The number of imidazole rings is 1. The van der Waals surface area contributed by atoms with Gasteiger partial charge in [-0.15, -0.1) is 0 Å². The summed E-state index contributed by atoms with van der Waals surface area (Å²) in [5.41, 5.74) is 2.56. The Balaban J connectivity index is 1.43. The number of carbonyl (C=O) groups is 1.